The molecule has 1 aliphatic heterocycles. The Labute approximate surface area is 156 Å². The lowest BCUT2D eigenvalue weighted by Crippen LogP contribution is -2.46. The van der Waals surface area contributed by atoms with Crippen LogP contribution in [0.4, 0.5) is 0 Å². The van der Waals surface area contributed by atoms with Gasteiger partial charge >= 0.3 is 0 Å². The standard InChI is InChI=1S/C20H30ClNO3/c1-3-10-25-19-15(11-16(21)12-17(19)24-2)13-22-9-5-8-20(14-22)7-4-6-18(20)23/h11-12,18,23H,3-10,13-14H2,1-2H3/t18-,20-/m1/s1. The van der Waals surface area contributed by atoms with Crippen molar-refractivity contribution in [2.45, 2.75) is 58.1 Å². The Morgan fingerprint density at radius 1 is 1.32 bits per heavy atom. The summed E-state index contributed by atoms with van der Waals surface area (Å²) < 4.78 is 11.5. The maximum absolute atomic E-state index is 10.5. The highest BCUT2D eigenvalue weighted by molar-refractivity contribution is 6.30. The van der Waals surface area contributed by atoms with Crippen LogP contribution in [-0.2, 0) is 6.54 Å². The molecule has 25 heavy (non-hydrogen) atoms. The fourth-order valence-corrected chi connectivity index (χ4v) is 4.72. The second kappa shape index (κ2) is 8.15. The molecule has 1 saturated carbocycles. The van der Waals surface area contributed by atoms with Gasteiger partial charge < -0.3 is 14.6 Å². The number of nitrogens with zero attached hydrogens (tertiary/aromatic N) is 1. The van der Waals surface area contributed by atoms with Crippen molar-refractivity contribution in [2.75, 3.05) is 26.8 Å². The van der Waals surface area contributed by atoms with Crippen molar-refractivity contribution in [1.29, 1.82) is 0 Å². The molecule has 0 unspecified atom stereocenters. The largest absolute Gasteiger partial charge is 0.493 e. The molecule has 0 radical (unpaired) electrons. The zero-order chi connectivity index (χ0) is 17.9. The van der Waals surface area contributed by atoms with E-state index in [9.17, 15) is 5.11 Å². The number of aliphatic hydroxyl groups is 1. The van der Waals surface area contributed by atoms with E-state index in [1.165, 1.54) is 0 Å². The number of benzene rings is 1. The van der Waals surface area contributed by atoms with Crippen molar-refractivity contribution < 1.29 is 14.6 Å². The minimum Gasteiger partial charge on any atom is -0.493 e. The number of ether oxygens (including phenoxy) is 2. The van der Waals surface area contributed by atoms with Crippen LogP contribution in [-0.4, -0.2) is 42.9 Å². The summed E-state index contributed by atoms with van der Waals surface area (Å²) in [7, 11) is 1.65. The highest BCUT2D eigenvalue weighted by Crippen LogP contribution is 2.46. The van der Waals surface area contributed by atoms with Crippen LogP contribution in [0.3, 0.4) is 0 Å². The average molecular weight is 368 g/mol. The van der Waals surface area contributed by atoms with Gasteiger partial charge in [0.25, 0.3) is 0 Å². The molecule has 0 bridgehead atoms. The predicted octanol–water partition coefficient (Wildman–Crippen LogP) is 4.26. The van der Waals surface area contributed by atoms with Crippen LogP contribution in [0.5, 0.6) is 11.5 Å². The molecule has 1 heterocycles. The second-order valence-electron chi connectivity index (χ2n) is 7.53. The van der Waals surface area contributed by atoms with E-state index in [0.29, 0.717) is 17.4 Å². The molecule has 0 amide bonds. The Hall–Kier alpha value is -0.970. The summed E-state index contributed by atoms with van der Waals surface area (Å²) in [6.07, 6.45) is 6.31. The monoisotopic (exact) mass is 367 g/mol. The van der Waals surface area contributed by atoms with Crippen LogP contribution in [0, 0.1) is 5.41 Å². The van der Waals surface area contributed by atoms with Gasteiger partial charge in [-0.25, -0.2) is 0 Å². The van der Waals surface area contributed by atoms with E-state index in [1.807, 2.05) is 12.1 Å². The first kappa shape index (κ1) is 18.8. The minimum atomic E-state index is -0.153. The van der Waals surface area contributed by atoms with Crippen molar-refractivity contribution in [3.63, 3.8) is 0 Å². The van der Waals surface area contributed by atoms with E-state index in [0.717, 1.165) is 69.5 Å². The Morgan fingerprint density at radius 2 is 2.12 bits per heavy atom. The van der Waals surface area contributed by atoms with Crippen molar-refractivity contribution in [3.8, 4) is 11.5 Å². The molecule has 2 fully saturated rings. The number of hydrogen-bond acceptors (Lipinski definition) is 4. The second-order valence-corrected chi connectivity index (χ2v) is 7.97. The minimum absolute atomic E-state index is 0.0886. The first-order chi connectivity index (χ1) is 12.1. The molecule has 1 N–H and O–H groups in total. The van der Waals surface area contributed by atoms with Gasteiger partial charge in [-0.2, -0.15) is 0 Å². The number of methoxy groups -OCH3 is 1. The van der Waals surface area contributed by atoms with Crippen LogP contribution < -0.4 is 9.47 Å². The zero-order valence-electron chi connectivity index (χ0n) is 15.4. The summed E-state index contributed by atoms with van der Waals surface area (Å²) in [4.78, 5) is 2.45. The third-order valence-corrected chi connectivity index (χ3v) is 5.93. The Morgan fingerprint density at radius 3 is 2.80 bits per heavy atom. The van der Waals surface area contributed by atoms with Crippen molar-refractivity contribution >= 4 is 11.6 Å². The van der Waals surface area contributed by atoms with Crippen LogP contribution in [0.25, 0.3) is 0 Å². The smallest absolute Gasteiger partial charge is 0.165 e. The summed E-state index contributed by atoms with van der Waals surface area (Å²) in [6.45, 7) is 5.54. The summed E-state index contributed by atoms with van der Waals surface area (Å²) >= 11 is 6.30. The summed E-state index contributed by atoms with van der Waals surface area (Å²) in [6, 6.07) is 3.80. The van der Waals surface area contributed by atoms with Crippen molar-refractivity contribution in [2.24, 2.45) is 5.41 Å². The van der Waals surface area contributed by atoms with Gasteiger partial charge in [-0.1, -0.05) is 24.9 Å². The van der Waals surface area contributed by atoms with E-state index in [1.54, 1.807) is 7.11 Å². The normalized spacial score (nSPS) is 27.0. The molecule has 4 nitrogen and oxygen atoms in total. The maximum Gasteiger partial charge on any atom is 0.165 e. The molecule has 3 rings (SSSR count). The number of hydrogen-bond donors (Lipinski definition) is 1. The zero-order valence-corrected chi connectivity index (χ0v) is 16.1. The third kappa shape index (κ3) is 4.07. The molecule has 2 aliphatic rings. The highest BCUT2D eigenvalue weighted by atomic mass is 35.5. The van der Waals surface area contributed by atoms with Gasteiger partial charge in [0.15, 0.2) is 11.5 Å². The molecular formula is C20H30ClNO3. The lowest BCUT2D eigenvalue weighted by Gasteiger charge is -2.42. The molecular weight excluding hydrogens is 338 g/mol. The number of piperidine rings is 1. The molecule has 140 valence electrons. The van der Waals surface area contributed by atoms with Gasteiger partial charge in [0.05, 0.1) is 19.8 Å². The predicted molar refractivity (Wildman–Crippen MR) is 101 cm³/mol. The van der Waals surface area contributed by atoms with E-state index in [4.69, 9.17) is 21.1 Å². The first-order valence-corrected chi connectivity index (χ1v) is 9.85. The molecule has 1 aromatic rings. The Balaban J connectivity index is 1.80. The molecule has 1 spiro atoms. The lowest BCUT2D eigenvalue weighted by atomic mass is 9.76. The van der Waals surface area contributed by atoms with Crippen molar-refractivity contribution in [3.05, 3.63) is 22.7 Å². The van der Waals surface area contributed by atoms with E-state index < -0.39 is 0 Å². The summed E-state index contributed by atoms with van der Waals surface area (Å²) in [5.74, 6) is 1.50. The molecule has 1 aliphatic carbocycles. The molecule has 2 atom stereocenters. The van der Waals surface area contributed by atoms with E-state index in [-0.39, 0.29) is 11.5 Å². The van der Waals surface area contributed by atoms with Crippen LogP contribution in [0.1, 0.15) is 51.0 Å². The quantitative estimate of drug-likeness (QED) is 0.815. The number of likely N-dealkylation sites (tertiary alicyclic amines) is 1. The first-order valence-electron chi connectivity index (χ1n) is 9.47. The lowest BCUT2D eigenvalue weighted by molar-refractivity contribution is -0.0122. The SMILES string of the molecule is CCCOc1c(CN2CCC[C@]3(CCC[C@H]3O)C2)cc(Cl)cc1OC. The molecule has 1 saturated heterocycles. The maximum atomic E-state index is 10.5. The highest BCUT2D eigenvalue weighted by Gasteiger charge is 2.44. The number of aliphatic hydroxyl groups excluding tert-OH is 1. The Bertz CT molecular complexity index is 595. The van der Waals surface area contributed by atoms with Crippen molar-refractivity contribution in [1.82, 2.24) is 4.90 Å². The molecule has 0 aromatic heterocycles. The van der Waals surface area contributed by atoms with Crippen LogP contribution in [0.2, 0.25) is 5.02 Å². The Kier molecular flexibility index (Phi) is 6.13. The van der Waals surface area contributed by atoms with Crippen LogP contribution >= 0.6 is 11.6 Å². The van der Waals surface area contributed by atoms with Gasteiger partial charge in [-0.05, 0) is 44.7 Å². The number of halogens is 1. The van der Waals surface area contributed by atoms with E-state index in [2.05, 4.69) is 11.8 Å². The van der Waals surface area contributed by atoms with Crippen LogP contribution in [0.15, 0.2) is 12.1 Å². The summed E-state index contributed by atoms with van der Waals surface area (Å²) in [5.41, 5.74) is 1.16. The molecule has 5 heteroatoms. The topological polar surface area (TPSA) is 41.9 Å². The fourth-order valence-electron chi connectivity index (χ4n) is 4.49. The van der Waals surface area contributed by atoms with Gasteiger partial charge in [0.1, 0.15) is 0 Å². The van der Waals surface area contributed by atoms with E-state index >= 15 is 0 Å². The summed E-state index contributed by atoms with van der Waals surface area (Å²) in [5, 5.41) is 11.2. The molecule has 1 aromatic carbocycles. The van der Waals surface area contributed by atoms with Gasteiger partial charge in [0, 0.05) is 35.2 Å². The fraction of sp³-hybridized carbons (Fsp3) is 0.700. The van der Waals surface area contributed by atoms with Gasteiger partial charge in [-0.3, -0.25) is 4.90 Å². The van der Waals surface area contributed by atoms with Gasteiger partial charge in [0.2, 0.25) is 0 Å². The third-order valence-electron chi connectivity index (χ3n) is 5.71. The van der Waals surface area contributed by atoms with Gasteiger partial charge in [-0.15, -0.1) is 0 Å². The number of rotatable bonds is 6. The average Bonchev–Trinajstić information content (AvgIpc) is 2.93.